The lowest BCUT2D eigenvalue weighted by Crippen LogP contribution is -2.55. The highest BCUT2D eigenvalue weighted by molar-refractivity contribution is 7.18. The van der Waals surface area contributed by atoms with Crippen molar-refractivity contribution in [1.82, 2.24) is 25.8 Å². The van der Waals surface area contributed by atoms with Gasteiger partial charge in [0.05, 0.1) is 15.2 Å². The summed E-state index contributed by atoms with van der Waals surface area (Å²) >= 11 is 1.57. The number of nitrogens with one attached hydrogen (secondary N) is 3. The van der Waals surface area contributed by atoms with Crippen molar-refractivity contribution in [3.05, 3.63) is 40.9 Å². The van der Waals surface area contributed by atoms with Crippen LogP contribution >= 0.6 is 11.3 Å². The van der Waals surface area contributed by atoms with E-state index in [-0.39, 0.29) is 29.7 Å². The summed E-state index contributed by atoms with van der Waals surface area (Å²) < 4.78 is 1.09. The molecule has 1 saturated heterocycles. The number of carbonyl (C=O) groups excluding carboxylic acids is 3. The van der Waals surface area contributed by atoms with Crippen LogP contribution < -0.4 is 16.0 Å². The summed E-state index contributed by atoms with van der Waals surface area (Å²) in [5.41, 5.74) is 2.72. The number of amides is 3. The molecular weight excluding hydrogens is 534 g/mol. The van der Waals surface area contributed by atoms with Crippen LogP contribution in [0.5, 0.6) is 0 Å². The zero-order chi connectivity index (χ0) is 29.4. The number of rotatable bonds is 13. The molecule has 0 radical (unpaired) electrons. The molecule has 1 aromatic carbocycles. The van der Waals surface area contributed by atoms with Gasteiger partial charge in [-0.2, -0.15) is 0 Å². The molecule has 3 N–H and O–H groups in total. The number of nitrogens with zero attached hydrogens (tertiary/aromatic N) is 2. The lowest BCUT2D eigenvalue weighted by molar-refractivity contribution is -0.129. The Morgan fingerprint density at radius 2 is 1.80 bits per heavy atom. The second-order valence-corrected chi connectivity index (χ2v) is 13.1. The van der Waals surface area contributed by atoms with Gasteiger partial charge < -0.3 is 16.0 Å². The molecule has 1 aromatic heterocycles. The summed E-state index contributed by atoms with van der Waals surface area (Å²) in [7, 11) is 0. The van der Waals surface area contributed by atoms with Gasteiger partial charge in [0, 0.05) is 37.5 Å². The zero-order valence-electron chi connectivity index (χ0n) is 25.0. The standard InChI is InChI=1S/C32H47N5O3S/c1-5-29(38)34-26(18-30-35-25-14-13-24(21(2)3)17-28(25)41-30)32(40)36-27(23-11-7-6-8-12-23)19-33-31(39)22(4)20-37-15-9-10-16-37/h13-14,17,21,23,26-27H,4-12,15-16,18-20H2,1-3H3,(H,33,39)(H,34,38)(H,36,40). The molecule has 3 amide bonds. The average Bonchev–Trinajstić information content (AvgIpc) is 3.63. The highest BCUT2D eigenvalue weighted by Crippen LogP contribution is 2.28. The lowest BCUT2D eigenvalue weighted by atomic mass is 9.83. The van der Waals surface area contributed by atoms with Crippen LogP contribution in [0.1, 0.15) is 88.6 Å². The Morgan fingerprint density at radius 1 is 1.07 bits per heavy atom. The predicted octanol–water partition coefficient (Wildman–Crippen LogP) is 4.69. The highest BCUT2D eigenvalue weighted by Gasteiger charge is 2.30. The Labute approximate surface area is 248 Å². The van der Waals surface area contributed by atoms with Gasteiger partial charge in [-0.05, 0) is 68.3 Å². The minimum absolute atomic E-state index is 0.155. The molecular formula is C32H47N5O3S. The third kappa shape index (κ3) is 8.85. The van der Waals surface area contributed by atoms with E-state index in [2.05, 4.69) is 53.4 Å². The Morgan fingerprint density at radius 3 is 2.49 bits per heavy atom. The number of aromatic nitrogens is 1. The zero-order valence-corrected chi connectivity index (χ0v) is 25.8. The topological polar surface area (TPSA) is 103 Å². The fourth-order valence-electron chi connectivity index (χ4n) is 5.88. The monoisotopic (exact) mass is 581 g/mol. The van der Waals surface area contributed by atoms with Gasteiger partial charge in [-0.1, -0.05) is 52.7 Å². The van der Waals surface area contributed by atoms with Crippen LogP contribution in [0.3, 0.4) is 0 Å². The SMILES string of the molecule is C=C(CN1CCCC1)C(=O)NCC(NC(=O)C(Cc1nc2ccc(C(C)C)cc2s1)NC(=O)CC)C1CCCCC1. The van der Waals surface area contributed by atoms with E-state index in [0.717, 1.165) is 66.8 Å². The average molecular weight is 582 g/mol. The molecule has 2 heterocycles. The van der Waals surface area contributed by atoms with Crippen molar-refractivity contribution < 1.29 is 14.4 Å². The Balaban J connectivity index is 1.45. The Hall–Kier alpha value is -2.78. The van der Waals surface area contributed by atoms with E-state index in [9.17, 15) is 14.4 Å². The number of thiazole rings is 1. The number of likely N-dealkylation sites (tertiary alicyclic amines) is 1. The second-order valence-electron chi connectivity index (χ2n) is 12.0. The van der Waals surface area contributed by atoms with E-state index in [4.69, 9.17) is 4.98 Å². The lowest BCUT2D eigenvalue weighted by Gasteiger charge is -2.32. The summed E-state index contributed by atoms with van der Waals surface area (Å²) in [6.45, 7) is 13.1. The second kappa shape index (κ2) is 14.9. The van der Waals surface area contributed by atoms with E-state index in [1.54, 1.807) is 18.3 Å². The van der Waals surface area contributed by atoms with E-state index in [0.29, 0.717) is 37.4 Å². The van der Waals surface area contributed by atoms with Crippen LogP contribution in [0.4, 0.5) is 0 Å². The minimum atomic E-state index is -0.737. The maximum Gasteiger partial charge on any atom is 0.247 e. The van der Waals surface area contributed by atoms with Crippen molar-refractivity contribution in [2.24, 2.45) is 5.92 Å². The van der Waals surface area contributed by atoms with Crippen LogP contribution in [0, 0.1) is 5.92 Å². The molecule has 2 aromatic rings. The number of fused-ring (bicyclic) bond motifs is 1. The van der Waals surface area contributed by atoms with E-state index in [1.807, 2.05) is 6.07 Å². The first-order valence-corrected chi connectivity index (χ1v) is 16.2. The van der Waals surface area contributed by atoms with Gasteiger partial charge in [-0.3, -0.25) is 19.3 Å². The summed E-state index contributed by atoms with van der Waals surface area (Å²) in [5.74, 6) is 0.142. The molecule has 2 aliphatic rings. The van der Waals surface area contributed by atoms with Crippen molar-refractivity contribution >= 4 is 39.3 Å². The molecule has 0 spiro atoms. The molecule has 2 fully saturated rings. The Bertz CT molecular complexity index is 1210. The third-order valence-corrected chi connectivity index (χ3v) is 9.48. The molecule has 9 heteroatoms. The van der Waals surface area contributed by atoms with Crippen LogP contribution in [-0.2, 0) is 20.8 Å². The van der Waals surface area contributed by atoms with Gasteiger partial charge >= 0.3 is 0 Å². The fraction of sp³-hybridized carbons (Fsp3) is 0.625. The maximum atomic E-state index is 13.7. The molecule has 1 saturated carbocycles. The van der Waals surface area contributed by atoms with Crippen molar-refractivity contribution in [2.45, 2.75) is 96.6 Å². The normalized spacial score (nSPS) is 17.9. The summed E-state index contributed by atoms with van der Waals surface area (Å²) in [4.78, 5) is 46.1. The van der Waals surface area contributed by atoms with E-state index < -0.39 is 6.04 Å². The van der Waals surface area contributed by atoms with Gasteiger partial charge in [0.2, 0.25) is 17.7 Å². The maximum absolute atomic E-state index is 13.7. The molecule has 2 atom stereocenters. The number of carbonyl (C=O) groups is 3. The first kappa shape index (κ1) is 31.2. The molecule has 4 rings (SSSR count). The van der Waals surface area contributed by atoms with Gasteiger partial charge in [0.1, 0.15) is 6.04 Å². The highest BCUT2D eigenvalue weighted by atomic mass is 32.1. The van der Waals surface area contributed by atoms with Crippen molar-refractivity contribution in [1.29, 1.82) is 0 Å². The van der Waals surface area contributed by atoms with Gasteiger partial charge in [-0.25, -0.2) is 4.98 Å². The van der Waals surface area contributed by atoms with Crippen LogP contribution in [0.25, 0.3) is 10.2 Å². The van der Waals surface area contributed by atoms with Crippen molar-refractivity contribution in [3.8, 4) is 0 Å². The smallest absolute Gasteiger partial charge is 0.247 e. The first-order chi connectivity index (χ1) is 19.7. The predicted molar refractivity (Wildman–Crippen MR) is 166 cm³/mol. The van der Waals surface area contributed by atoms with Crippen molar-refractivity contribution in [2.75, 3.05) is 26.2 Å². The molecule has 0 bridgehead atoms. The molecule has 1 aliphatic carbocycles. The summed E-state index contributed by atoms with van der Waals surface area (Å²) in [5, 5.41) is 10.0. The molecule has 1 aliphatic heterocycles. The number of benzene rings is 1. The van der Waals surface area contributed by atoms with E-state index in [1.165, 1.54) is 12.0 Å². The Kier molecular flexibility index (Phi) is 11.3. The molecule has 2 unspecified atom stereocenters. The largest absolute Gasteiger partial charge is 0.350 e. The molecule has 8 nitrogen and oxygen atoms in total. The number of hydrogen-bond donors (Lipinski definition) is 3. The van der Waals surface area contributed by atoms with Crippen LogP contribution in [0.2, 0.25) is 0 Å². The van der Waals surface area contributed by atoms with Crippen LogP contribution in [-0.4, -0.2) is 65.9 Å². The third-order valence-electron chi connectivity index (χ3n) is 8.44. The van der Waals surface area contributed by atoms with Gasteiger partial charge in [0.25, 0.3) is 0 Å². The summed E-state index contributed by atoms with van der Waals surface area (Å²) in [6, 6.07) is 5.35. The quantitative estimate of drug-likeness (QED) is 0.298. The van der Waals surface area contributed by atoms with Crippen LogP contribution in [0.15, 0.2) is 30.4 Å². The first-order valence-electron chi connectivity index (χ1n) is 15.4. The fourth-order valence-corrected chi connectivity index (χ4v) is 6.94. The van der Waals surface area contributed by atoms with Crippen molar-refractivity contribution in [3.63, 3.8) is 0 Å². The van der Waals surface area contributed by atoms with Gasteiger partial charge in [0.15, 0.2) is 0 Å². The van der Waals surface area contributed by atoms with E-state index >= 15 is 0 Å². The number of hydrogen-bond acceptors (Lipinski definition) is 6. The molecule has 41 heavy (non-hydrogen) atoms. The van der Waals surface area contributed by atoms with Gasteiger partial charge in [-0.15, -0.1) is 11.3 Å². The molecule has 224 valence electrons. The summed E-state index contributed by atoms with van der Waals surface area (Å²) in [6.07, 6.45) is 8.40. The minimum Gasteiger partial charge on any atom is -0.350 e.